The maximum Gasteiger partial charge on any atom is 0.527 e. The molecule has 1 aromatic heterocycles. The highest BCUT2D eigenvalue weighted by atomic mass is 35.5. The number of nitrogens with one attached hydrogen (secondary N) is 1. The number of rotatable bonds is 12. The summed E-state index contributed by atoms with van der Waals surface area (Å²) in [6.45, 7) is 7.38. The van der Waals surface area contributed by atoms with Crippen molar-refractivity contribution in [3.8, 4) is 5.75 Å². The van der Waals surface area contributed by atoms with E-state index in [0.717, 1.165) is 27.9 Å². The Hall–Kier alpha value is -4.77. The third kappa shape index (κ3) is 8.47. The van der Waals surface area contributed by atoms with Crippen molar-refractivity contribution in [1.29, 1.82) is 0 Å². The molecule has 0 fully saturated rings. The monoisotopic (exact) mass is 758 g/mol. The quantitative estimate of drug-likeness (QED) is 0.0482. The van der Waals surface area contributed by atoms with E-state index < -0.39 is 19.7 Å². The average Bonchev–Trinajstić information content (AvgIpc) is 3.77. The molecule has 2 unspecified atom stereocenters. The Morgan fingerprint density at radius 2 is 1.79 bits per heavy atom. The van der Waals surface area contributed by atoms with Crippen molar-refractivity contribution < 1.29 is 37.6 Å². The summed E-state index contributed by atoms with van der Waals surface area (Å²) in [6.07, 6.45) is 7.95. The molecule has 2 heterocycles. The van der Waals surface area contributed by atoms with Gasteiger partial charge in [0, 0.05) is 48.5 Å². The highest BCUT2D eigenvalue weighted by Gasteiger charge is 2.37. The van der Waals surface area contributed by atoms with Crippen LogP contribution in [0.2, 0.25) is 0 Å². The van der Waals surface area contributed by atoms with Crippen LogP contribution in [0.3, 0.4) is 0 Å². The molecule has 13 heteroatoms. The number of carbonyl (C=O) groups is 3. The molecule has 2 amide bonds. The number of amides is 2. The molecule has 6 rings (SSSR count). The number of hydrogen-bond donors (Lipinski definition) is 2. The number of alkyl halides is 1. The lowest BCUT2D eigenvalue weighted by atomic mass is 9.94. The molecule has 4 aromatic rings. The van der Waals surface area contributed by atoms with Crippen LogP contribution in [-0.4, -0.2) is 35.1 Å². The number of halogens is 1. The minimum atomic E-state index is -4.59. The molecule has 0 bridgehead atoms. The van der Waals surface area contributed by atoms with Gasteiger partial charge in [-0.25, -0.2) is 4.57 Å². The van der Waals surface area contributed by atoms with Crippen molar-refractivity contribution in [3.05, 3.63) is 142 Å². The fraction of sp³-hybridized carbons (Fsp3) is 0.205. The van der Waals surface area contributed by atoms with Crippen LogP contribution in [0.4, 0.5) is 5.69 Å². The molecule has 0 radical (unpaired) electrons. The molecule has 2 aliphatic rings. The SMILES string of the molecule is C=C(/C=C(/OC(C)=O)C1=CC=CC(C)C1)NC(=O)c1ccc(C(=O)N2C[C@@H](CCl)c3c2cc(OP(=O)(O)OCc2ccccc2)c2ccccc32)s1. The fourth-order valence-electron chi connectivity index (χ4n) is 6.17. The molecular formula is C39H36ClN2O8PS. The molecule has 1 aliphatic heterocycles. The van der Waals surface area contributed by atoms with Gasteiger partial charge in [-0.3, -0.25) is 23.8 Å². The van der Waals surface area contributed by atoms with Crippen LogP contribution in [0.5, 0.6) is 5.75 Å². The standard InChI is InChI=1S/C39H36ClN2O8PS/c1-24-10-9-13-28(18-24)33(49-26(3)43)19-25(2)41-38(44)35-16-17-36(52-35)39(45)42-22-29(21-40)37-31-15-8-7-14-30(31)34(20-32(37)42)50-51(46,47)48-23-27-11-5-4-6-12-27/h4-17,19-20,24,29H,2,18,21-23H2,1,3H3,(H,41,44)(H,46,47)/b33-19+/t24?,29-/m1/s1. The van der Waals surface area contributed by atoms with Crippen molar-refractivity contribution in [1.82, 2.24) is 5.32 Å². The number of esters is 1. The largest absolute Gasteiger partial charge is 0.527 e. The Balaban J connectivity index is 1.23. The van der Waals surface area contributed by atoms with Crippen LogP contribution >= 0.6 is 30.8 Å². The minimum Gasteiger partial charge on any atom is -0.426 e. The molecule has 268 valence electrons. The fourth-order valence-corrected chi connectivity index (χ4v) is 8.03. The molecule has 2 N–H and O–H groups in total. The van der Waals surface area contributed by atoms with Crippen LogP contribution in [0.25, 0.3) is 10.8 Å². The topological polar surface area (TPSA) is 131 Å². The number of nitrogens with zero attached hydrogens (tertiary/aromatic N) is 1. The second-order valence-electron chi connectivity index (χ2n) is 12.4. The van der Waals surface area contributed by atoms with Crippen LogP contribution in [-0.2, 0) is 25.2 Å². The van der Waals surface area contributed by atoms with Crippen molar-refractivity contribution in [3.63, 3.8) is 0 Å². The first-order valence-electron chi connectivity index (χ1n) is 16.4. The highest BCUT2D eigenvalue weighted by molar-refractivity contribution is 7.47. The number of thiophene rings is 1. The van der Waals surface area contributed by atoms with Gasteiger partial charge in [-0.05, 0) is 46.6 Å². The summed E-state index contributed by atoms with van der Waals surface area (Å²) in [5, 5.41) is 4.00. The van der Waals surface area contributed by atoms with E-state index in [1.54, 1.807) is 59.5 Å². The molecule has 0 saturated heterocycles. The molecule has 0 saturated carbocycles. The van der Waals surface area contributed by atoms with E-state index >= 15 is 0 Å². The number of hydrogen-bond acceptors (Lipinski definition) is 8. The number of benzene rings is 3. The number of carbonyl (C=O) groups excluding carboxylic acids is 3. The second-order valence-corrected chi connectivity index (χ2v) is 15.2. The first-order valence-corrected chi connectivity index (χ1v) is 19.3. The van der Waals surface area contributed by atoms with Gasteiger partial charge in [0.15, 0.2) is 0 Å². The summed E-state index contributed by atoms with van der Waals surface area (Å²) in [6, 6.07) is 20.9. The smallest absolute Gasteiger partial charge is 0.426 e. The minimum absolute atomic E-state index is 0.0710. The number of allylic oxidation sites excluding steroid dienone is 5. The summed E-state index contributed by atoms with van der Waals surface area (Å²) in [5.41, 5.74) is 2.99. The van der Waals surface area contributed by atoms with Crippen molar-refractivity contribution in [2.24, 2.45) is 5.92 Å². The van der Waals surface area contributed by atoms with Crippen LogP contribution < -0.4 is 14.7 Å². The Morgan fingerprint density at radius 1 is 1.08 bits per heavy atom. The van der Waals surface area contributed by atoms with Gasteiger partial charge in [0.05, 0.1) is 22.0 Å². The Bertz CT molecular complexity index is 2190. The lowest BCUT2D eigenvalue weighted by Gasteiger charge is -2.20. The Morgan fingerprint density at radius 3 is 2.50 bits per heavy atom. The van der Waals surface area contributed by atoms with Crippen molar-refractivity contribution >= 4 is 65.0 Å². The Kier molecular flexibility index (Phi) is 11.3. The normalized spacial score (nSPS) is 18.0. The average molecular weight is 759 g/mol. The number of fused-ring (bicyclic) bond motifs is 3. The number of phosphoric acid groups is 1. The van der Waals surface area contributed by atoms with Crippen molar-refractivity contribution in [2.45, 2.75) is 32.8 Å². The van der Waals surface area contributed by atoms with E-state index in [9.17, 15) is 23.8 Å². The van der Waals surface area contributed by atoms with Gasteiger partial charge in [-0.2, -0.15) is 0 Å². The third-order valence-corrected chi connectivity index (χ3v) is 10.8. The zero-order valence-corrected chi connectivity index (χ0v) is 30.9. The van der Waals surface area contributed by atoms with Crippen molar-refractivity contribution in [2.75, 3.05) is 17.3 Å². The van der Waals surface area contributed by atoms with E-state index in [-0.39, 0.29) is 58.0 Å². The molecular weight excluding hydrogens is 723 g/mol. The van der Waals surface area contributed by atoms with Gasteiger partial charge < -0.3 is 19.5 Å². The van der Waals surface area contributed by atoms with E-state index in [2.05, 4.69) is 11.9 Å². The van der Waals surface area contributed by atoms with Gasteiger partial charge in [0.25, 0.3) is 11.8 Å². The van der Waals surface area contributed by atoms with E-state index in [1.807, 2.05) is 43.4 Å². The molecule has 3 aromatic carbocycles. The van der Waals surface area contributed by atoms with Gasteiger partial charge >= 0.3 is 13.8 Å². The van der Waals surface area contributed by atoms with Crippen LogP contribution in [0.1, 0.15) is 56.7 Å². The van der Waals surface area contributed by atoms with Gasteiger partial charge in [0.1, 0.15) is 11.5 Å². The molecule has 10 nitrogen and oxygen atoms in total. The Labute approximate surface area is 310 Å². The predicted octanol–water partition coefficient (Wildman–Crippen LogP) is 8.79. The van der Waals surface area contributed by atoms with E-state index in [1.165, 1.54) is 13.0 Å². The van der Waals surface area contributed by atoms with Crippen LogP contribution in [0, 0.1) is 5.92 Å². The lowest BCUT2D eigenvalue weighted by Crippen LogP contribution is -2.29. The van der Waals surface area contributed by atoms with E-state index in [0.29, 0.717) is 28.8 Å². The third-order valence-electron chi connectivity index (χ3n) is 8.48. The van der Waals surface area contributed by atoms with Gasteiger partial charge in [-0.1, -0.05) is 86.3 Å². The molecule has 3 atom stereocenters. The zero-order valence-electron chi connectivity index (χ0n) is 28.4. The molecule has 1 aliphatic carbocycles. The summed E-state index contributed by atoms with van der Waals surface area (Å²) >= 11 is 7.44. The van der Waals surface area contributed by atoms with Gasteiger partial charge in [-0.15, -0.1) is 22.9 Å². The summed E-state index contributed by atoms with van der Waals surface area (Å²) in [5.74, 6) is -0.770. The first-order chi connectivity index (χ1) is 24.9. The lowest BCUT2D eigenvalue weighted by molar-refractivity contribution is -0.136. The predicted molar refractivity (Wildman–Crippen MR) is 203 cm³/mol. The number of ether oxygens (including phenoxy) is 1. The zero-order chi connectivity index (χ0) is 37.0. The molecule has 52 heavy (non-hydrogen) atoms. The van der Waals surface area contributed by atoms with E-state index in [4.69, 9.17) is 25.4 Å². The maximum absolute atomic E-state index is 14.1. The van der Waals surface area contributed by atoms with Crippen LogP contribution in [0.15, 0.2) is 121 Å². The highest BCUT2D eigenvalue weighted by Crippen LogP contribution is 2.51. The first kappa shape index (κ1) is 37.0. The number of phosphoric ester groups is 1. The van der Waals surface area contributed by atoms with Gasteiger partial charge in [0.2, 0.25) is 0 Å². The maximum atomic E-state index is 14.1. The second kappa shape index (κ2) is 15.9. The summed E-state index contributed by atoms with van der Waals surface area (Å²) < 4.78 is 29.5. The summed E-state index contributed by atoms with van der Waals surface area (Å²) in [7, 11) is -4.59. The number of anilines is 1. The summed E-state index contributed by atoms with van der Waals surface area (Å²) in [4.78, 5) is 51.9. The molecule has 0 spiro atoms.